The van der Waals surface area contributed by atoms with Crippen molar-refractivity contribution < 1.29 is 9.53 Å². The van der Waals surface area contributed by atoms with E-state index in [1.807, 2.05) is 43.3 Å². The van der Waals surface area contributed by atoms with Crippen LogP contribution in [-0.4, -0.2) is 23.1 Å². The number of hydrogen-bond donors (Lipinski definition) is 2. The monoisotopic (exact) mass is 519 g/mol. The third-order valence-electron chi connectivity index (χ3n) is 4.51. The van der Waals surface area contributed by atoms with Crippen LogP contribution < -0.4 is 15.4 Å². The van der Waals surface area contributed by atoms with Gasteiger partial charge in [-0.05, 0) is 69.6 Å². The van der Waals surface area contributed by atoms with Gasteiger partial charge >= 0.3 is 0 Å². The van der Waals surface area contributed by atoms with Crippen LogP contribution in [0.15, 0.2) is 46.9 Å². The average Bonchev–Trinajstić information content (AvgIpc) is 3.08. The van der Waals surface area contributed by atoms with Crippen molar-refractivity contribution in [2.45, 2.75) is 6.92 Å². The third-order valence-corrected chi connectivity index (χ3v) is 6.84. The van der Waals surface area contributed by atoms with Crippen LogP contribution >= 0.6 is 51.1 Å². The van der Waals surface area contributed by atoms with E-state index in [9.17, 15) is 4.79 Å². The fourth-order valence-electron chi connectivity index (χ4n) is 3.05. The molecule has 4 aromatic rings. The highest BCUT2D eigenvalue weighted by Gasteiger charge is 2.19. The van der Waals surface area contributed by atoms with Gasteiger partial charge in [-0.15, -0.1) is 0 Å². The number of rotatable bonds is 3. The molecular weight excluding hydrogens is 506 g/mol. The van der Waals surface area contributed by atoms with E-state index in [4.69, 9.17) is 28.6 Å². The van der Waals surface area contributed by atoms with Crippen molar-refractivity contribution in [3.8, 4) is 5.75 Å². The summed E-state index contributed by atoms with van der Waals surface area (Å²) < 4.78 is 7.17. The Balaban J connectivity index is 1.57. The van der Waals surface area contributed by atoms with Crippen molar-refractivity contribution in [1.29, 1.82) is 0 Å². The van der Waals surface area contributed by atoms with Crippen LogP contribution in [0.4, 0.5) is 5.13 Å². The van der Waals surface area contributed by atoms with Crippen molar-refractivity contribution >= 4 is 88.2 Å². The number of hydrogen-bond acceptors (Lipinski definition) is 5. The molecule has 0 spiro atoms. The number of halogens is 2. The molecule has 2 N–H and O–H groups in total. The van der Waals surface area contributed by atoms with E-state index in [0.717, 1.165) is 26.6 Å². The van der Waals surface area contributed by atoms with E-state index >= 15 is 0 Å². The molecule has 0 fully saturated rings. The van der Waals surface area contributed by atoms with Gasteiger partial charge in [0.15, 0.2) is 10.2 Å². The summed E-state index contributed by atoms with van der Waals surface area (Å²) in [6.45, 7) is 1.94. The van der Waals surface area contributed by atoms with E-state index in [-0.39, 0.29) is 11.0 Å². The second kappa shape index (κ2) is 8.47. The number of benzene rings is 3. The number of ether oxygens (including phenoxy) is 1. The standard InChI is InChI=1S/C21H15BrClN3O2S2/c1-10-7-16-15(9-14(10)23)24-21(30-16)26-20(29)25-19(27)13-8-11-5-3-4-6-12(11)17(22)18(13)28-2/h3-9H,1-2H3,(H2,24,25,26,27,29). The van der Waals surface area contributed by atoms with Gasteiger partial charge in [0.25, 0.3) is 5.91 Å². The molecule has 9 heteroatoms. The number of nitrogens with one attached hydrogen (secondary N) is 2. The number of carbonyl (C=O) groups excluding carboxylic acids is 1. The number of aromatic nitrogens is 1. The van der Waals surface area contributed by atoms with Gasteiger partial charge in [-0.3, -0.25) is 10.1 Å². The summed E-state index contributed by atoms with van der Waals surface area (Å²) in [7, 11) is 1.52. The summed E-state index contributed by atoms with van der Waals surface area (Å²) in [6, 6.07) is 13.3. The lowest BCUT2D eigenvalue weighted by Crippen LogP contribution is -2.34. The summed E-state index contributed by atoms with van der Waals surface area (Å²) >= 11 is 16.5. The molecule has 0 saturated heterocycles. The zero-order valence-corrected chi connectivity index (χ0v) is 19.9. The first-order valence-corrected chi connectivity index (χ1v) is 11.2. The van der Waals surface area contributed by atoms with Crippen LogP contribution in [0.1, 0.15) is 15.9 Å². The second-order valence-electron chi connectivity index (χ2n) is 6.49. The summed E-state index contributed by atoms with van der Waals surface area (Å²) in [5.74, 6) is 0.0647. The van der Waals surface area contributed by atoms with Crippen LogP contribution in [-0.2, 0) is 0 Å². The fraction of sp³-hybridized carbons (Fsp3) is 0.0952. The molecule has 3 aromatic carbocycles. The number of amides is 1. The highest BCUT2D eigenvalue weighted by atomic mass is 79.9. The van der Waals surface area contributed by atoms with Gasteiger partial charge in [-0.25, -0.2) is 4.98 Å². The van der Waals surface area contributed by atoms with Crippen molar-refractivity contribution in [3.05, 3.63) is 63.1 Å². The van der Waals surface area contributed by atoms with Gasteiger partial charge < -0.3 is 10.1 Å². The molecule has 0 atom stereocenters. The molecule has 5 nitrogen and oxygen atoms in total. The quantitative estimate of drug-likeness (QED) is 0.310. The minimum atomic E-state index is -0.379. The minimum absolute atomic E-state index is 0.146. The number of aryl methyl sites for hydroxylation is 1. The molecular formula is C21H15BrClN3O2S2. The van der Waals surface area contributed by atoms with Crippen molar-refractivity contribution in [3.63, 3.8) is 0 Å². The summed E-state index contributed by atoms with van der Waals surface area (Å²) in [5, 5.41) is 8.91. The molecule has 4 rings (SSSR count). The summed E-state index contributed by atoms with van der Waals surface area (Å²) in [6.07, 6.45) is 0. The van der Waals surface area contributed by atoms with Gasteiger partial charge in [-0.2, -0.15) is 0 Å². The van der Waals surface area contributed by atoms with Crippen LogP contribution in [0, 0.1) is 6.92 Å². The molecule has 0 bridgehead atoms. The Labute approximate surface area is 195 Å². The largest absolute Gasteiger partial charge is 0.495 e. The maximum atomic E-state index is 12.9. The van der Waals surface area contributed by atoms with Crippen molar-refractivity contribution in [1.82, 2.24) is 10.3 Å². The SMILES string of the molecule is COc1c(C(=O)NC(=S)Nc2nc3cc(Cl)c(C)cc3s2)cc2ccccc2c1Br. The molecule has 1 amide bonds. The Hall–Kier alpha value is -2.26. The number of thiocarbonyl (C=S) groups is 1. The van der Waals surface area contributed by atoms with Crippen molar-refractivity contribution in [2.75, 3.05) is 12.4 Å². The summed E-state index contributed by atoms with van der Waals surface area (Å²) in [5.41, 5.74) is 2.12. The average molecular weight is 521 g/mol. The van der Waals surface area contributed by atoms with Crippen LogP contribution in [0.2, 0.25) is 5.02 Å². The first kappa shape index (κ1) is 21.0. The first-order chi connectivity index (χ1) is 14.4. The normalized spacial score (nSPS) is 10.9. The Morgan fingerprint density at radius 3 is 2.80 bits per heavy atom. The summed E-state index contributed by atoms with van der Waals surface area (Å²) in [4.78, 5) is 17.4. The van der Waals surface area contributed by atoms with Gasteiger partial charge in [0.2, 0.25) is 0 Å². The predicted octanol–water partition coefficient (Wildman–Crippen LogP) is 6.31. The number of nitrogens with zero attached hydrogens (tertiary/aromatic N) is 1. The van der Waals surface area contributed by atoms with E-state index in [2.05, 4.69) is 31.5 Å². The molecule has 0 radical (unpaired) electrons. The first-order valence-electron chi connectivity index (χ1n) is 8.81. The van der Waals surface area contributed by atoms with Gasteiger partial charge in [0, 0.05) is 5.02 Å². The minimum Gasteiger partial charge on any atom is -0.495 e. The highest BCUT2D eigenvalue weighted by Crippen LogP contribution is 2.36. The van der Waals surface area contributed by atoms with Crippen LogP contribution in [0.5, 0.6) is 5.75 Å². The van der Waals surface area contributed by atoms with Gasteiger partial charge in [0.1, 0.15) is 5.75 Å². The lowest BCUT2D eigenvalue weighted by Gasteiger charge is -2.14. The lowest BCUT2D eigenvalue weighted by molar-refractivity contribution is 0.0975. The zero-order valence-electron chi connectivity index (χ0n) is 15.9. The topological polar surface area (TPSA) is 63.2 Å². The van der Waals surface area contributed by atoms with Gasteiger partial charge in [0.05, 0.1) is 27.4 Å². The number of methoxy groups -OCH3 is 1. The number of fused-ring (bicyclic) bond motifs is 2. The molecule has 0 saturated carbocycles. The molecule has 1 aromatic heterocycles. The molecule has 0 aliphatic rings. The molecule has 0 aliphatic carbocycles. The van der Waals surface area contributed by atoms with Crippen LogP contribution in [0.3, 0.4) is 0 Å². The Morgan fingerprint density at radius 2 is 2.03 bits per heavy atom. The molecule has 152 valence electrons. The zero-order chi connectivity index (χ0) is 21.4. The highest BCUT2D eigenvalue weighted by molar-refractivity contribution is 9.10. The number of anilines is 1. The number of thiazole rings is 1. The molecule has 30 heavy (non-hydrogen) atoms. The maximum absolute atomic E-state index is 12.9. The fourth-order valence-corrected chi connectivity index (χ4v) is 5.15. The lowest BCUT2D eigenvalue weighted by atomic mass is 10.1. The van der Waals surface area contributed by atoms with Crippen molar-refractivity contribution in [2.24, 2.45) is 0 Å². The Kier molecular flexibility index (Phi) is 5.92. The maximum Gasteiger partial charge on any atom is 0.261 e. The Morgan fingerprint density at radius 1 is 1.27 bits per heavy atom. The Bertz CT molecular complexity index is 1280. The predicted molar refractivity (Wildman–Crippen MR) is 131 cm³/mol. The molecule has 0 aliphatic heterocycles. The van der Waals surface area contributed by atoms with Gasteiger partial charge in [-0.1, -0.05) is 47.2 Å². The molecule has 0 unspecified atom stereocenters. The number of carbonyl (C=O) groups is 1. The van der Waals surface area contributed by atoms with E-state index < -0.39 is 0 Å². The van der Waals surface area contributed by atoms with E-state index in [1.165, 1.54) is 18.4 Å². The van der Waals surface area contributed by atoms with E-state index in [0.29, 0.717) is 25.9 Å². The smallest absolute Gasteiger partial charge is 0.261 e. The second-order valence-corrected chi connectivity index (χ2v) is 9.13. The molecule has 1 heterocycles. The third kappa shape index (κ3) is 4.00. The van der Waals surface area contributed by atoms with E-state index in [1.54, 1.807) is 6.07 Å². The van der Waals surface area contributed by atoms with Crippen LogP contribution in [0.25, 0.3) is 21.0 Å².